The number of thioether (sulfide) groups is 1. The zero-order chi connectivity index (χ0) is 24.4. The van der Waals surface area contributed by atoms with E-state index in [0.717, 1.165) is 28.9 Å². The summed E-state index contributed by atoms with van der Waals surface area (Å²) in [4.78, 5) is 12.1. The van der Waals surface area contributed by atoms with Gasteiger partial charge in [-0.3, -0.25) is 4.79 Å². The third-order valence-corrected chi connectivity index (χ3v) is 7.39. The summed E-state index contributed by atoms with van der Waals surface area (Å²) < 4.78 is 0. The van der Waals surface area contributed by atoms with Gasteiger partial charge in [-0.2, -0.15) is 0 Å². The summed E-state index contributed by atoms with van der Waals surface area (Å²) in [6, 6.07) is 3.82. The molecule has 0 spiro atoms. The van der Waals surface area contributed by atoms with E-state index in [1.54, 1.807) is 0 Å². The van der Waals surface area contributed by atoms with Gasteiger partial charge in [-0.1, -0.05) is 106 Å². The van der Waals surface area contributed by atoms with Gasteiger partial charge in [0.1, 0.15) is 11.0 Å². The molecule has 0 amide bonds. The van der Waals surface area contributed by atoms with E-state index in [-0.39, 0.29) is 10.8 Å². The van der Waals surface area contributed by atoms with E-state index in [9.17, 15) is 15.0 Å². The highest BCUT2D eigenvalue weighted by Gasteiger charge is 2.30. The van der Waals surface area contributed by atoms with Crippen molar-refractivity contribution in [3.05, 3.63) is 28.8 Å². The number of benzene rings is 1. The van der Waals surface area contributed by atoms with Crippen molar-refractivity contribution in [3.63, 3.8) is 0 Å². The summed E-state index contributed by atoms with van der Waals surface area (Å²) in [5, 5.41) is 20.3. The first-order chi connectivity index (χ1) is 14.9. The lowest BCUT2D eigenvalue weighted by Crippen LogP contribution is -2.19. The van der Waals surface area contributed by atoms with Gasteiger partial charge in [0, 0.05) is 0 Å². The second kappa shape index (κ2) is 13.5. The minimum absolute atomic E-state index is 0.260. The van der Waals surface area contributed by atoms with Gasteiger partial charge in [0.15, 0.2) is 0 Å². The Bertz CT molecular complexity index is 663. The third-order valence-electron chi connectivity index (χ3n) is 6.06. The normalized spacial score (nSPS) is 13.3. The van der Waals surface area contributed by atoms with E-state index < -0.39 is 11.2 Å². The maximum Gasteiger partial charge on any atom is 0.321 e. The van der Waals surface area contributed by atoms with Crippen LogP contribution >= 0.6 is 11.8 Å². The molecule has 4 heteroatoms. The van der Waals surface area contributed by atoms with Crippen LogP contribution in [-0.4, -0.2) is 21.9 Å². The van der Waals surface area contributed by atoms with E-state index in [2.05, 4.69) is 48.5 Å². The van der Waals surface area contributed by atoms with Crippen molar-refractivity contribution in [1.29, 1.82) is 0 Å². The van der Waals surface area contributed by atoms with E-state index >= 15 is 0 Å². The molecule has 1 unspecified atom stereocenters. The number of hydrogen-bond acceptors (Lipinski definition) is 3. The first kappa shape index (κ1) is 28.9. The average Bonchev–Trinajstić information content (AvgIpc) is 2.67. The summed E-state index contributed by atoms with van der Waals surface area (Å²) in [5.74, 6) is 0.356. The second-order valence-electron chi connectivity index (χ2n) is 11.2. The van der Waals surface area contributed by atoms with Crippen LogP contribution in [-0.2, 0) is 15.6 Å². The fourth-order valence-electron chi connectivity index (χ4n) is 4.05. The number of phenols is 1. The van der Waals surface area contributed by atoms with Crippen molar-refractivity contribution >= 4 is 17.7 Å². The Balaban J connectivity index is 2.71. The van der Waals surface area contributed by atoms with Crippen LogP contribution in [0.15, 0.2) is 12.1 Å². The van der Waals surface area contributed by atoms with Crippen LogP contribution in [0.1, 0.15) is 135 Å². The van der Waals surface area contributed by atoms with Gasteiger partial charge in [-0.25, -0.2) is 0 Å². The lowest BCUT2D eigenvalue weighted by atomic mass is 9.78. The Kier molecular flexibility index (Phi) is 12.2. The smallest absolute Gasteiger partial charge is 0.321 e. The molecule has 1 rings (SSSR count). The van der Waals surface area contributed by atoms with Crippen LogP contribution in [0.25, 0.3) is 0 Å². The number of hydrogen-bond donors (Lipinski definition) is 2. The summed E-state index contributed by atoms with van der Waals surface area (Å²) in [7, 11) is 0. The summed E-state index contributed by atoms with van der Waals surface area (Å²) >= 11 is 1.52. The van der Waals surface area contributed by atoms with Gasteiger partial charge < -0.3 is 10.2 Å². The molecule has 1 aromatic rings. The Hall–Kier alpha value is -1.16. The molecular weight excluding hydrogens is 416 g/mol. The molecule has 1 atom stereocenters. The van der Waals surface area contributed by atoms with Crippen LogP contribution in [0.3, 0.4) is 0 Å². The molecular formula is C28H48O3S. The molecule has 0 fully saturated rings. The van der Waals surface area contributed by atoms with Gasteiger partial charge in [-0.15, -0.1) is 11.8 Å². The SMILES string of the molecule is CCCCCCCCCCCCSC(C(=O)O)c1cc(C(C)(C)C)c(O)c(C(C)(C)C)c1. The van der Waals surface area contributed by atoms with Crippen LogP contribution in [0.2, 0.25) is 0 Å². The van der Waals surface area contributed by atoms with Crippen molar-refractivity contribution in [3.8, 4) is 5.75 Å². The number of aromatic hydroxyl groups is 1. The lowest BCUT2D eigenvalue weighted by Gasteiger charge is -2.29. The molecule has 0 aromatic heterocycles. The zero-order valence-corrected chi connectivity index (χ0v) is 22.5. The highest BCUT2D eigenvalue weighted by molar-refractivity contribution is 8.00. The monoisotopic (exact) mass is 464 g/mol. The Labute approximate surface area is 201 Å². The van der Waals surface area contributed by atoms with Gasteiger partial charge in [0.25, 0.3) is 0 Å². The number of carboxylic acid groups (broad SMARTS) is 1. The molecule has 0 saturated heterocycles. The largest absolute Gasteiger partial charge is 0.507 e. The van der Waals surface area contributed by atoms with Crippen molar-refractivity contribution in [1.82, 2.24) is 0 Å². The number of carbonyl (C=O) groups is 1. The van der Waals surface area contributed by atoms with E-state index in [1.807, 2.05) is 12.1 Å². The van der Waals surface area contributed by atoms with Gasteiger partial charge in [0.2, 0.25) is 0 Å². The fraction of sp³-hybridized carbons (Fsp3) is 0.750. The van der Waals surface area contributed by atoms with E-state index in [4.69, 9.17) is 0 Å². The highest BCUT2D eigenvalue weighted by atomic mass is 32.2. The minimum atomic E-state index is -0.799. The fourth-order valence-corrected chi connectivity index (χ4v) is 5.13. The Morgan fingerprint density at radius 1 is 0.812 bits per heavy atom. The number of aliphatic carboxylic acids is 1. The molecule has 1 aromatic carbocycles. The lowest BCUT2D eigenvalue weighted by molar-refractivity contribution is -0.136. The zero-order valence-electron chi connectivity index (χ0n) is 21.7. The van der Waals surface area contributed by atoms with Crippen molar-refractivity contribution < 1.29 is 15.0 Å². The summed E-state index contributed by atoms with van der Waals surface area (Å²) in [6.07, 6.45) is 12.8. The molecule has 184 valence electrons. The van der Waals surface area contributed by atoms with E-state index in [1.165, 1.54) is 69.5 Å². The number of rotatable bonds is 14. The molecule has 0 saturated carbocycles. The Morgan fingerprint density at radius 2 is 1.22 bits per heavy atom. The van der Waals surface area contributed by atoms with E-state index in [0.29, 0.717) is 5.75 Å². The topological polar surface area (TPSA) is 57.5 Å². The van der Waals surface area contributed by atoms with Gasteiger partial charge >= 0.3 is 5.97 Å². The quantitative estimate of drug-likeness (QED) is 0.270. The Morgan fingerprint density at radius 3 is 1.59 bits per heavy atom. The van der Waals surface area contributed by atoms with Gasteiger partial charge in [-0.05, 0) is 51.8 Å². The standard InChI is InChI=1S/C28H48O3S/c1-8-9-10-11-12-13-14-15-16-17-18-32-25(26(30)31)21-19-22(27(2,3)4)24(29)23(20-21)28(5,6)7/h19-20,25,29H,8-18H2,1-7H3,(H,30,31). The predicted molar refractivity (Wildman–Crippen MR) is 140 cm³/mol. The van der Waals surface area contributed by atoms with Crippen molar-refractivity contribution in [2.45, 2.75) is 129 Å². The number of carboxylic acids is 1. The molecule has 0 aliphatic rings. The molecule has 32 heavy (non-hydrogen) atoms. The van der Waals surface area contributed by atoms with Crippen molar-refractivity contribution in [2.75, 3.05) is 5.75 Å². The average molecular weight is 465 g/mol. The third kappa shape index (κ3) is 9.77. The molecule has 0 aliphatic heterocycles. The van der Waals surface area contributed by atoms with Crippen LogP contribution in [0.5, 0.6) is 5.75 Å². The maximum absolute atomic E-state index is 12.1. The summed E-state index contributed by atoms with van der Waals surface area (Å²) in [5.41, 5.74) is 1.92. The molecule has 2 N–H and O–H groups in total. The summed E-state index contributed by atoms with van der Waals surface area (Å²) in [6.45, 7) is 14.6. The van der Waals surface area contributed by atoms with Crippen molar-refractivity contribution in [2.24, 2.45) is 0 Å². The maximum atomic E-state index is 12.1. The van der Waals surface area contributed by atoms with Crippen LogP contribution < -0.4 is 0 Å². The minimum Gasteiger partial charge on any atom is -0.507 e. The molecule has 0 heterocycles. The highest BCUT2D eigenvalue weighted by Crippen LogP contribution is 2.43. The molecule has 0 bridgehead atoms. The first-order valence-electron chi connectivity index (χ1n) is 12.6. The molecule has 3 nitrogen and oxygen atoms in total. The number of phenolic OH excluding ortho intramolecular Hbond substituents is 1. The van der Waals surface area contributed by atoms with Crippen LogP contribution in [0.4, 0.5) is 0 Å². The predicted octanol–water partition coefficient (Wildman–Crippen LogP) is 8.77. The number of unbranched alkanes of at least 4 members (excludes halogenated alkanes) is 9. The van der Waals surface area contributed by atoms with Gasteiger partial charge in [0.05, 0.1) is 0 Å². The van der Waals surface area contributed by atoms with Crippen LogP contribution in [0, 0.1) is 0 Å². The molecule has 0 aliphatic carbocycles. The first-order valence-corrected chi connectivity index (χ1v) is 13.7. The molecule has 0 radical (unpaired) electrons. The second-order valence-corrected chi connectivity index (χ2v) is 12.4.